The Hall–Kier alpha value is -0.610. The van der Waals surface area contributed by atoms with E-state index >= 15 is 0 Å². The number of nitrogens with one attached hydrogen (secondary N) is 1. The molecule has 1 saturated heterocycles. The monoisotopic (exact) mass is 255 g/mol. The Morgan fingerprint density at radius 3 is 2.56 bits per heavy atom. The summed E-state index contributed by atoms with van der Waals surface area (Å²) in [5.74, 6) is 0.313. The fraction of sp³-hybridized carbons (Fsp3) is 0.929. The molecular formula is C14H29N3O. The van der Waals surface area contributed by atoms with Crippen LogP contribution >= 0.6 is 0 Å². The van der Waals surface area contributed by atoms with Crippen molar-refractivity contribution in [3.63, 3.8) is 0 Å². The van der Waals surface area contributed by atoms with Crippen molar-refractivity contribution >= 4 is 5.91 Å². The van der Waals surface area contributed by atoms with Gasteiger partial charge in [0.25, 0.3) is 0 Å². The van der Waals surface area contributed by atoms with Gasteiger partial charge in [0, 0.05) is 6.54 Å². The molecule has 0 spiro atoms. The van der Waals surface area contributed by atoms with E-state index < -0.39 is 0 Å². The van der Waals surface area contributed by atoms with Crippen LogP contribution in [0.5, 0.6) is 0 Å². The van der Waals surface area contributed by atoms with Crippen LogP contribution in [-0.4, -0.2) is 55.1 Å². The Morgan fingerprint density at radius 2 is 2.00 bits per heavy atom. The molecule has 1 aliphatic rings. The van der Waals surface area contributed by atoms with E-state index in [0.717, 1.165) is 45.2 Å². The number of hydrogen-bond acceptors (Lipinski definition) is 3. The molecule has 1 N–H and O–H groups in total. The van der Waals surface area contributed by atoms with E-state index in [4.69, 9.17) is 0 Å². The van der Waals surface area contributed by atoms with Gasteiger partial charge in [0.2, 0.25) is 5.91 Å². The summed E-state index contributed by atoms with van der Waals surface area (Å²) < 4.78 is 0. The highest BCUT2D eigenvalue weighted by molar-refractivity contribution is 5.84. The Labute approximate surface area is 112 Å². The van der Waals surface area contributed by atoms with Gasteiger partial charge in [-0.3, -0.25) is 10.1 Å². The van der Waals surface area contributed by atoms with Gasteiger partial charge in [-0.25, -0.2) is 0 Å². The van der Waals surface area contributed by atoms with Crippen molar-refractivity contribution in [1.29, 1.82) is 0 Å². The quantitative estimate of drug-likeness (QED) is 0.670. The third kappa shape index (κ3) is 4.25. The molecule has 1 rings (SSSR count). The summed E-state index contributed by atoms with van der Waals surface area (Å²) in [6.07, 6.45) is 5.54. The Kier molecular flexibility index (Phi) is 6.65. The van der Waals surface area contributed by atoms with Crippen molar-refractivity contribution in [3.05, 3.63) is 0 Å². The molecule has 1 fully saturated rings. The molecule has 4 heteroatoms. The van der Waals surface area contributed by atoms with Crippen LogP contribution in [0.3, 0.4) is 0 Å². The van der Waals surface area contributed by atoms with Gasteiger partial charge in [-0.2, -0.15) is 0 Å². The van der Waals surface area contributed by atoms with Gasteiger partial charge in [-0.05, 0) is 46.3 Å². The van der Waals surface area contributed by atoms with Crippen LogP contribution in [-0.2, 0) is 4.79 Å². The highest BCUT2D eigenvalue weighted by atomic mass is 16.2. The van der Waals surface area contributed by atoms with Crippen LogP contribution in [0.1, 0.15) is 46.0 Å². The first-order chi connectivity index (χ1) is 8.60. The summed E-state index contributed by atoms with van der Waals surface area (Å²) in [7, 11) is 4.18. The lowest BCUT2D eigenvalue weighted by Crippen LogP contribution is -2.37. The van der Waals surface area contributed by atoms with E-state index in [1.807, 2.05) is 0 Å². The molecule has 1 heterocycles. The maximum absolute atomic E-state index is 12.2. The van der Waals surface area contributed by atoms with E-state index in [2.05, 4.69) is 43.1 Å². The normalized spacial score (nSPS) is 24.3. The van der Waals surface area contributed by atoms with E-state index in [1.54, 1.807) is 0 Å². The van der Waals surface area contributed by atoms with E-state index in [0.29, 0.717) is 5.91 Å². The maximum Gasteiger partial charge on any atom is 0.241 e. The Balaban J connectivity index is 2.39. The average Bonchev–Trinajstić information content (AvgIpc) is 2.62. The molecule has 0 saturated carbocycles. The summed E-state index contributed by atoms with van der Waals surface area (Å²) in [5, 5.41) is 3.46. The van der Waals surface area contributed by atoms with Crippen LogP contribution in [0.15, 0.2) is 0 Å². The van der Waals surface area contributed by atoms with Crippen molar-refractivity contribution in [2.24, 2.45) is 0 Å². The van der Waals surface area contributed by atoms with Gasteiger partial charge in [-0.15, -0.1) is 0 Å². The lowest BCUT2D eigenvalue weighted by atomic mass is 10.1. The summed E-state index contributed by atoms with van der Waals surface area (Å²) in [6.45, 7) is 6.28. The van der Waals surface area contributed by atoms with Crippen LogP contribution < -0.4 is 5.32 Å². The predicted molar refractivity (Wildman–Crippen MR) is 75.4 cm³/mol. The third-order valence-corrected chi connectivity index (χ3v) is 3.57. The largest absolute Gasteiger partial charge is 0.326 e. The fourth-order valence-corrected chi connectivity index (χ4v) is 2.56. The molecule has 0 aromatic heterocycles. The minimum absolute atomic E-state index is 0.0637. The van der Waals surface area contributed by atoms with Gasteiger partial charge >= 0.3 is 0 Å². The fourth-order valence-electron chi connectivity index (χ4n) is 2.56. The topological polar surface area (TPSA) is 35.6 Å². The van der Waals surface area contributed by atoms with E-state index in [9.17, 15) is 4.79 Å². The summed E-state index contributed by atoms with van der Waals surface area (Å²) in [5.41, 5.74) is 0. The highest BCUT2D eigenvalue weighted by Gasteiger charge is 2.36. The van der Waals surface area contributed by atoms with E-state index in [1.165, 1.54) is 0 Å². The minimum atomic E-state index is 0.0637. The molecule has 2 atom stereocenters. The molecule has 1 amide bonds. The van der Waals surface area contributed by atoms with Gasteiger partial charge in [0.1, 0.15) is 0 Å². The molecular weight excluding hydrogens is 226 g/mol. The van der Waals surface area contributed by atoms with Crippen molar-refractivity contribution < 1.29 is 4.79 Å². The summed E-state index contributed by atoms with van der Waals surface area (Å²) >= 11 is 0. The molecule has 4 nitrogen and oxygen atoms in total. The Bertz CT molecular complexity index is 255. The molecule has 0 radical (unpaired) electrons. The SMILES string of the molecule is CCCC1NC(CC)N(CCCCN(C)C)C1=O. The summed E-state index contributed by atoms with van der Waals surface area (Å²) in [6, 6.07) is 0.0637. The zero-order valence-corrected chi connectivity index (χ0v) is 12.4. The number of carbonyl (C=O) groups is 1. The first-order valence-corrected chi connectivity index (χ1v) is 7.31. The van der Waals surface area contributed by atoms with Crippen LogP contribution in [0.4, 0.5) is 0 Å². The second kappa shape index (κ2) is 7.74. The van der Waals surface area contributed by atoms with Crippen LogP contribution in [0, 0.1) is 0 Å². The molecule has 2 unspecified atom stereocenters. The lowest BCUT2D eigenvalue weighted by molar-refractivity contribution is -0.130. The van der Waals surface area contributed by atoms with Crippen molar-refractivity contribution in [1.82, 2.24) is 15.1 Å². The first kappa shape index (κ1) is 15.4. The second-order valence-corrected chi connectivity index (χ2v) is 5.47. The molecule has 18 heavy (non-hydrogen) atoms. The number of unbranched alkanes of at least 4 members (excludes halogenated alkanes) is 1. The van der Waals surface area contributed by atoms with Crippen LogP contribution in [0.25, 0.3) is 0 Å². The second-order valence-electron chi connectivity index (χ2n) is 5.47. The predicted octanol–water partition coefficient (Wildman–Crippen LogP) is 1.66. The zero-order chi connectivity index (χ0) is 13.5. The van der Waals surface area contributed by atoms with Gasteiger partial charge in [-0.1, -0.05) is 20.3 Å². The van der Waals surface area contributed by atoms with Crippen molar-refractivity contribution in [2.45, 2.75) is 58.2 Å². The molecule has 0 bridgehead atoms. The van der Waals surface area contributed by atoms with Crippen molar-refractivity contribution in [2.75, 3.05) is 27.2 Å². The standard InChI is InChI=1S/C14H29N3O/c1-5-9-12-14(18)17(13(6-2)15-12)11-8-7-10-16(3)4/h12-13,15H,5-11H2,1-4H3. The minimum Gasteiger partial charge on any atom is -0.326 e. The lowest BCUT2D eigenvalue weighted by Gasteiger charge is -2.23. The van der Waals surface area contributed by atoms with E-state index in [-0.39, 0.29) is 12.2 Å². The van der Waals surface area contributed by atoms with Crippen molar-refractivity contribution in [3.8, 4) is 0 Å². The molecule has 1 aliphatic heterocycles. The number of hydrogen-bond donors (Lipinski definition) is 1. The van der Waals surface area contributed by atoms with Gasteiger partial charge in [0.15, 0.2) is 0 Å². The van der Waals surface area contributed by atoms with Crippen LogP contribution in [0.2, 0.25) is 0 Å². The molecule has 106 valence electrons. The summed E-state index contributed by atoms with van der Waals surface area (Å²) in [4.78, 5) is 16.5. The number of amides is 1. The highest BCUT2D eigenvalue weighted by Crippen LogP contribution is 2.17. The maximum atomic E-state index is 12.2. The molecule has 0 aromatic carbocycles. The third-order valence-electron chi connectivity index (χ3n) is 3.57. The zero-order valence-electron chi connectivity index (χ0n) is 12.4. The smallest absolute Gasteiger partial charge is 0.241 e. The number of nitrogens with zero attached hydrogens (tertiary/aromatic N) is 2. The average molecular weight is 255 g/mol. The number of rotatable bonds is 8. The number of carbonyl (C=O) groups excluding carboxylic acids is 1. The van der Waals surface area contributed by atoms with Gasteiger partial charge < -0.3 is 9.80 Å². The Morgan fingerprint density at radius 1 is 1.28 bits per heavy atom. The first-order valence-electron chi connectivity index (χ1n) is 7.31. The molecule has 0 aromatic rings. The molecule has 0 aliphatic carbocycles. The van der Waals surface area contributed by atoms with Gasteiger partial charge in [0.05, 0.1) is 12.2 Å².